The summed E-state index contributed by atoms with van der Waals surface area (Å²) in [5, 5.41) is 17.0. The van der Waals surface area contributed by atoms with Gasteiger partial charge in [-0.15, -0.1) is 0 Å². The first-order valence-corrected chi connectivity index (χ1v) is 9.26. The SMILES string of the molecule is CC1Cc2nnc(-c3cccc(C(F)(F)F)c3)cc2C(OC(=O)[C@@H](N)CC(=O)O)C1. The highest BCUT2D eigenvalue weighted by Crippen LogP contribution is 2.37. The van der Waals surface area contributed by atoms with E-state index in [1.807, 2.05) is 6.92 Å². The third-order valence-electron chi connectivity index (χ3n) is 4.85. The van der Waals surface area contributed by atoms with Gasteiger partial charge >= 0.3 is 18.1 Å². The molecule has 7 nitrogen and oxygen atoms in total. The van der Waals surface area contributed by atoms with Crippen molar-refractivity contribution in [1.82, 2.24) is 10.2 Å². The molecule has 0 aliphatic heterocycles. The minimum atomic E-state index is -4.49. The number of ether oxygens (including phenoxy) is 1. The molecule has 3 rings (SSSR count). The number of aromatic nitrogens is 2. The fourth-order valence-electron chi connectivity index (χ4n) is 3.38. The number of carbonyl (C=O) groups excluding carboxylic acids is 1. The number of carboxylic acids is 1. The zero-order valence-electron chi connectivity index (χ0n) is 16.0. The third-order valence-corrected chi connectivity index (χ3v) is 4.85. The van der Waals surface area contributed by atoms with Gasteiger partial charge in [-0.05, 0) is 37.0 Å². The zero-order valence-corrected chi connectivity index (χ0v) is 16.0. The average Bonchev–Trinajstić information content (AvgIpc) is 2.66. The summed E-state index contributed by atoms with van der Waals surface area (Å²) in [5.41, 5.74) is 6.32. The Morgan fingerprint density at radius 1 is 1.30 bits per heavy atom. The molecule has 0 bridgehead atoms. The van der Waals surface area contributed by atoms with Crippen molar-refractivity contribution in [2.45, 2.75) is 44.5 Å². The molecule has 1 aromatic carbocycles. The smallest absolute Gasteiger partial charge is 0.416 e. The molecule has 0 amide bonds. The van der Waals surface area contributed by atoms with Crippen LogP contribution in [0, 0.1) is 5.92 Å². The zero-order chi connectivity index (χ0) is 22.1. The fraction of sp³-hybridized carbons (Fsp3) is 0.400. The van der Waals surface area contributed by atoms with Crippen LogP contribution in [0.4, 0.5) is 13.2 Å². The van der Waals surface area contributed by atoms with Gasteiger partial charge in [0.05, 0.1) is 23.4 Å². The molecule has 1 aliphatic carbocycles. The van der Waals surface area contributed by atoms with Gasteiger partial charge in [0.2, 0.25) is 0 Å². The van der Waals surface area contributed by atoms with Gasteiger partial charge in [0.15, 0.2) is 0 Å². The van der Waals surface area contributed by atoms with Gasteiger partial charge in [-0.1, -0.05) is 19.1 Å². The lowest BCUT2D eigenvalue weighted by Crippen LogP contribution is -2.36. The summed E-state index contributed by atoms with van der Waals surface area (Å²) in [6.07, 6.45) is -4.79. The number of halogens is 3. The van der Waals surface area contributed by atoms with E-state index in [4.69, 9.17) is 15.6 Å². The Morgan fingerprint density at radius 3 is 2.70 bits per heavy atom. The lowest BCUT2D eigenvalue weighted by Gasteiger charge is -2.29. The molecule has 0 saturated carbocycles. The Kier molecular flexibility index (Phi) is 6.06. The molecule has 1 aromatic heterocycles. The number of alkyl halides is 3. The van der Waals surface area contributed by atoms with E-state index in [2.05, 4.69) is 10.2 Å². The average molecular weight is 423 g/mol. The van der Waals surface area contributed by atoms with E-state index in [1.165, 1.54) is 12.1 Å². The highest BCUT2D eigenvalue weighted by Gasteiger charge is 2.33. The Morgan fingerprint density at radius 2 is 2.03 bits per heavy atom. The van der Waals surface area contributed by atoms with Gasteiger partial charge in [0, 0.05) is 11.1 Å². The number of benzene rings is 1. The van der Waals surface area contributed by atoms with Gasteiger partial charge < -0.3 is 15.6 Å². The summed E-state index contributed by atoms with van der Waals surface area (Å²) in [6, 6.07) is 4.95. The van der Waals surface area contributed by atoms with Crippen LogP contribution in [0.2, 0.25) is 0 Å². The summed E-state index contributed by atoms with van der Waals surface area (Å²) >= 11 is 0. The van der Waals surface area contributed by atoms with Crippen molar-refractivity contribution in [3.63, 3.8) is 0 Å². The molecule has 3 N–H and O–H groups in total. The molecule has 160 valence electrons. The number of carbonyl (C=O) groups is 2. The summed E-state index contributed by atoms with van der Waals surface area (Å²) in [5.74, 6) is -1.98. The van der Waals surface area contributed by atoms with Gasteiger partial charge in [-0.25, -0.2) is 0 Å². The van der Waals surface area contributed by atoms with Crippen molar-refractivity contribution in [2.24, 2.45) is 11.7 Å². The molecule has 1 aliphatic rings. The van der Waals surface area contributed by atoms with E-state index in [0.717, 1.165) is 12.1 Å². The molecule has 3 atom stereocenters. The Bertz CT molecular complexity index is 965. The van der Waals surface area contributed by atoms with Gasteiger partial charge in [0.1, 0.15) is 12.1 Å². The van der Waals surface area contributed by atoms with Gasteiger partial charge in [-0.2, -0.15) is 23.4 Å². The molecule has 10 heteroatoms. The fourth-order valence-corrected chi connectivity index (χ4v) is 3.38. The summed E-state index contributed by atoms with van der Waals surface area (Å²) in [6.45, 7) is 1.93. The number of nitrogens with two attached hydrogens (primary N) is 1. The van der Waals surface area contributed by atoms with Crippen molar-refractivity contribution in [2.75, 3.05) is 0 Å². The second-order valence-corrected chi connectivity index (χ2v) is 7.39. The third kappa shape index (κ3) is 4.93. The van der Waals surface area contributed by atoms with Crippen LogP contribution in [-0.4, -0.2) is 33.3 Å². The van der Waals surface area contributed by atoms with Crippen molar-refractivity contribution in [3.8, 4) is 11.3 Å². The number of aliphatic carboxylic acids is 1. The predicted molar refractivity (Wildman–Crippen MR) is 99.0 cm³/mol. The summed E-state index contributed by atoms with van der Waals surface area (Å²) in [7, 11) is 0. The Hall–Kier alpha value is -3.01. The number of hydrogen-bond donors (Lipinski definition) is 2. The molecule has 2 unspecified atom stereocenters. The highest BCUT2D eigenvalue weighted by atomic mass is 19.4. The number of nitrogens with zero attached hydrogens (tertiary/aromatic N) is 2. The first-order valence-electron chi connectivity index (χ1n) is 9.26. The quantitative estimate of drug-likeness (QED) is 0.710. The van der Waals surface area contributed by atoms with Crippen molar-refractivity contribution < 1.29 is 32.6 Å². The van der Waals surface area contributed by atoms with E-state index >= 15 is 0 Å². The van der Waals surface area contributed by atoms with E-state index in [1.54, 1.807) is 6.07 Å². The van der Waals surface area contributed by atoms with E-state index in [0.29, 0.717) is 24.1 Å². The molecule has 0 fully saturated rings. The number of hydrogen-bond acceptors (Lipinski definition) is 6. The van der Waals surface area contributed by atoms with E-state index in [-0.39, 0.29) is 17.2 Å². The largest absolute Gasteiger partial charge is 0.481 e. The number of esters is 1. The van der Waals surface area contributed by atoms with Crippen LogP contribution < -0.4 is 5.73 Å². The maximum atomic E-state index is 13.0. The lowest BCUT2D eigenvalue weighted by molar-refractivity contribution is -0.155. The van der Waals surface area contributed by atoms with Crippen molar-refractivity contribution in [3.05, 3.63) is 47.2 Å². The number of carboxylic acid groups (broad SMARTS) is 1. The monoisotopic (exact) mass is 423 g/mol. The van der Waals surface area contributed by atoms with Gasteiger partial charge in [0.25, 0.3) is 0 Å². The maximum Gasteiger partial charge on any atom is 0.416 e. The van der Waals surface area contributed by atoms with E-state index < -0.39 is 42.2 Å². The Labute approximate surface area is 170 Å². The minimum Gasteiger partial charge on any atom is -0.481 e. The molecular formula is C20H20F3N3O4. The summed E-state index contributed by atoms with van der Waals surface area (Å²) < 4.78 is 44.5. The Balaban J connectivity index is 1.92. The minimum absolute atomic E-state index is 0.111. The molecule has 1 heterocycles. The van der Waals surface area contributed by atoms with E-state index in [9.17, 15) is 22.8 Å². The molecule has 0 spiro atoms. The topological polar surface area (TPSA) is 115 Å². The van der Waals surface area contributed by atoms with Crippen LogP contribution in [0.1, 0.15) is 42.7 Å². The van der Waals surface area contributed by atoms with Crippen LogP contribution >= 0.6 is 0 Å². The highest BCUT2D eigenvalue weighted by molar-refractivity contribution is 5.82. The van der Waals surface area contributed by atoms with Gasteiger partial charge in [-0.3, -0.25) is 9.59 Å². The number of fused-ring (bicyclic) bond motifs is 1. The molecule has 2 aromatic rings. The number of rotatable bonds is 5. The van der Waals surface area contributed by atoms with Crippen LogP contribution in [0.25, 0.3) is 11.3 Å². The molecule has 0 saturated heterocycles. The molecule has 0 radical (unpaired) electrons. The normalized spacial score (nSPS) is 19.6. The second-order valence-electron chi connectivity index (χ2n) is 7.39. The maximum absolute atomic E-state index is 13.0. The molecule has 30 heavy (non-hydrogen) atoms. The van der Waals surface area contributed by atoms with Crippen molar-refractivity contribution in [1.29, 1.82) is 0 Å². The summed E-state index contributed by atoms with van der Waals surface area (Å²) in [4.78, 5) is 23.0. The van der Waals surface area contributed by atoms with Crippen LogP contribution in [0.3, 0.4) is 0 Å². The first kappa shape index (κ1) is 21.7. The van der Waals surface area contributed by atoms with Crippen LogP contribution in [-0.2, 0) is 26.9 Å². The molecular weight excluding hydrogens is 403 g/mol. The van der Waals surface area contributed by atoms with Crippen molar-refractivity contribution >= 4 is 11.9 Å². The lowest BCUT2D eigenvalue weighted by atomic mass is 9.85. The predicted octanol–water partition coefficient (Wildman–Crippen LogP) is 3.13. The van der Waals surface area contributed by atoms with Crippen LogP contribution in [0.15, 0.2) is 30.3 Å². The first-order chi connectivity index (χ1) is 14.0. The second kappa shape index (κ2) is 8.39. The standard InChI is InChI=1S/C20H20F3N3O4/c1-10-5-16-13(17(6-10)30-19(29)14(24)9-18(27)28)8-15(25-26-16)11-3-2-4-12(7-11)20(21,22)23/h2-4,7-8,10,14,17H,5-6,9,24H2,1H3,(H,27,28)/t10?,14-,17?/m0/s1. The van der Waals surface area contributed by atoms with Crippen LogP contribution in [0.5, 0.6) is 0 Å².